The van der Waals surface area contributed by atoms with E-state index in [-0.39, 0.29) is 0 Å². The molecule has 0 heterocycles. The molecule has 0 saturated carbocycles. The van der Waals surface area contributed by atoms with Crippen molar-refractivity contribution in [3.63, 3.8) is 0 Å². The average molecular weight is 183 g/mol. The molecular weight excluding hydrogens is 162 g/mol. The highest BCUT2D eigenvalue weighted by molar-refractivity contribution is 5.13. The number of nitrogens with one attached hydrogen (secondary N) is 1. The molecule has 2 nitrogen and oxygen atoms in total. The van der Waals surface area contributed by atoms with E-state index >= 15 is 0 Å². The first-order chi connectivity index (χ1) is 6.11. The molecule has 0 aliphatic rings. The number of hydroxylamine groups is 1. The molecule has 0 aliphatic heterocycles. The summed E-state index contributed by atoms with van der Waals surface area (Å²) in [6.45, 7) is 8.48. The maximum absolute atomic E-state index is 4.89. The van der Waals surface area contributed by atoms with Crippen LogP contribution < -0.4 is 5.48 Å². The predicted molar refractivity (Wildman–Crippen MR) is 57.2 cm³/mol. The van der Waals surface area contributed by atoms with Gasteiger partial charge in [0.05, 0.1) is 7.11 Å². The van der Waals surface area contributed by atoms with Gasteiger partial charge in [-0.15, -0.1) is 0 Å². The average Bonchev–Trinajstić information content (AvgIpc) is 2.10. The zero-order valence-electron chi connectivity index (χ0n) is 9.40. The van der Waals surface area contributed by atoms with E-state index < -0.39 is 0 Å². The van der Waals surface area contributed by atoms with Crippen molar-refractivity contribution in [3.8, 4) is 0 Å². The fraction of sp³-hybridized carbons (Fsp3) is 0.636. The van der Waals surface area contributed by atoms with Crippen molar-refractivity contribution in [2.75, 3.05) is 7.11 Å². The highest BCUT2D eigenvalue weighted by Crippen LogP contribution is 2.10. The standard InChI is InChI=1S/C11H21NO/c1-6-11(12-13-5)10(4)8-7-9(2)3/h7,12H,6,8H2,1-5H3. The Bertz CT molecular complexity index is 200. The maximum atomic E-state index is 4.89. The lowest BCUT2D eigenvalue weighted by Gasteiger charge is -2.09. The minimum absolute atomic E-state index is 0.982. The van der Waals surface area contributed by atoms with Gasteiger partial charge in [0.15, 0.2) is 0 Å². The minimum Gasteiger partial charge on any atom is -0.280 e. The molecule has 2 heteroatoms. The molecule has 0 aromatic carbocycles. The lowest BCUT2D eigenvalue weighted by atomic mass is 10.1. The summed E-state index contributed by atoms with van der Waals surface area (Å²) in [5.41, 5.74) is 6.78. The zero-order valence-corrected chi connectivity index (χ0v) is 9.40. The van der Waals surface area contributed by atoms with E-state index in [0.29, 0.717) is 0 Å². The number of hydrogen-bond donors (Lipinski definition) is 1. The van der Waals surface area contributed by atoms with Crippen LogP contribution in [-0.2, 0) is 4.84 Å². The van der Waals surface area contributed by atoms with Crippen molar-refractivity contribution in [2.24, 2.45) is 0 Å². The summed E-state index contributed by atoms with van der Waals surface area (Å²) < 4.78 is 0. The molecule has 0 bridgehead atoms. The smallest absolute Gasteiger partial charge is 0.0636 e. The van der Waals surface area contributed by atoms with Crippen LogP contribution in [0.5, 0.6) is 0 Å². The van der Waals surface area contributed by atoms with Crippen LogP contribution in [0.2, 0.25) is 0 Å². The molecule has 0 aromatic heterocycles. The first-order valence-corrected chi connectivity index (χ1v) is 4.72. The Morgan fingerprint density at radius 2 is 1.92 bits per heavy atom. The second-order valence-corrected chi connectivity index (χ2v) is 3.40. The van der Waals surface area contributed by atoms with Gasteiger partial charge in [0.25, 0.3) is 0 Å². The van der Waals surface area contributed by atoms with Crippen LogP contribution in [0, 0.1) is 0 Å². The largest absolute Gasteiger partial charge is 0.280 e. The Morgan fingerprint density at radius 3 is 2.31 bits per heavy atom. The Balaban J connectivity index is 4.29. The van der Waals surface area contributed by atoms with Gasteiger partial charge >= 0.3 is 0 Å². The summed E-state index contributed by atoms with van der Waals surface area (Å²) >= 11 is 0. The summed E-state index contributed by atoms with van der Waals surface area (Å²) in [5.74, 6) is 0. The van der Waals surface area contributed by atoms with Crippen molar-refractivity contribution in [2.45, 2.75) is 40.5 Å². The van der Waals surface area contributed by atoms with Gasteiger partial charge < -0.3 is 0 Å². The van der Waals surface area contributed by atoms with Crippen molar-refractivity contribution < 1.29 is 4.84 Å². The van der Waals surface area contributed by atoms with Crippen LogP contribution in [0.1, 0.15) is 40.5 Å². The molecule has 0 unspecified atom stereocenters. The first kappa shape index (κ1) is 12.2. The van der Waals surface area contributed by atoms with Crippen molar-refractivity contribution in [1.82, 2.24) is 5.48 Å². The molecule has 0 spiro atoms. The topological polar surface area (TPSA) is 21.3 Å². The molecule has 0 atom stereocenters. The fourth-order valence-corrected chi connectivity index (χ4v) is 1.06. The third kappa shape index (κ3) is 5.47. The number of allylic oxidation sites excluding steroid dienone is 4. The van der Waals surface area contributed by atoms with Crippen LogP contribution in [0.15, 0.2) is 22.9 Å². The molecule has 1 N–H and O–H groups in total. The zero-order chi connectivity index (χ0) is 10.3. The maximum Gasteiger partial charge on any atom is 0.0636 e. The van der Waals surface area contributed by atoms with E-state index in [0.717, 1.165) is 12.8 Å². The third-order valence-electron chi connectivity index (χ3n) is 1.91. The van der Waals surface area contributed by atoms with E-state index in [1.165, 1.54) is 16.8 Å². The highest BCUT2D eigenvalue weighted by Gasteiger charge is 1.97. The third-order valence-corrected chi connectivity index (χ3v) is 1.91. The number of hydrogen-bond acceptors (Lipinski definition) is 2. The summed E-state index contributed by atoms with van der Waals surface area (Å²) in [7, 11) is 1.64. The molecular formula is C11H21NO. The molecule has 0 aromatic rings. The second-order valence-electron chi connectivity index (χ2n) is 3.40. The van der Waals surface area contributed by atoms with Gasteiger partial charge in [0.1, 0.15) is 0 Å². The van der Waals surface area contributed by atoms with E-state index in [9.17, 15) is 0 Å². The molecule has 0 amide bonds. The SMILES string of the molecule is CCC(NOC)=C(C)CC=C(C)C. The summed E-state index contributed by atoms with van der Waals surface area (Å²) in [4.78, 5) is 4.89. The second kappa shape index (κ2) is 6.72. The lowest BCUT2D eigenvalue weighted by Crippen LogP contribution is -2.12. The normalized spacial score (nSPS) is 12.1. The van der Waals surface area contributed by atoms with Gasteiger partial charge in [-0.2, -0.15) is 0 Å². The van der Waals surface area contributed by atoms with Gasteiger partial charge in [-0.3, -0.25) is 10.3 Å². The molecule has 13 heavy (non-hydrogen) atoms. The minimum atomic E-state index is 0.982. The Labute approximate surface area is 81.6 Å². The van der Waals surface area contributed by atoms with Gasteiger partial charge in [-0.1, -0.05) is 18.6 Å². The van der Waals surface area contributed by atoms with Crippen molar-refractivity contribution in [1.29, 1.82) is 0 Å². The van der Waals surface area contributed by atoms with Crippen molar-refractivity contribution >= 4 is 0 Å². The molecule has 76 valence electrons. The van der Waals surface area contributed by atoms with Crippen molar-refractivity contribution in [3.05, 3.63) is 22.9 Å². The van der Waals surface area contributed by atoms with Gasteiger partial charge in [0.2, 0.25) is 0 Å². The molecule has 0 rings (SSSR count). The van der Waals surface area contributed by atoms with Crippen LogP contribution in [0.3, 0.4) is 0 Å². The summed E-state index contributed by atoms with van der Waals surface area (Å²) in [5, 5.41) is 0. The van der Waals surface area contributed by atoms with Crippen LogP contribution >= 0.6 is 0 Å². The quantitative estimate of drug-likeness (QED) is 0.522. The van der Waals surface area contributed by atoms with E-state index in [4.69, 9.17) is 4.84 Å². The molecule has 0 aliphatic carbocycles. The Morgan fingerprint density at radius 1 is 1.31 bits per heavy atom. The lowest BCUT2D eigenvalue weighted by molar-refractivity contribution is 0.114. The van der Waals surface area contributed by atoms with E-state index in [2.05, 4.69) is 39.3 Å². The van der Waals surface area contributed by atoms with E-state index in [1.807, 2.05) is 0 Å². The fourth-order valence-electron chi connectivity index (χ4n) is 1.06. The van der Waals surface area contributed by atoms with Gasteiger partial charge in [-0.25, -0.2) is 0 Å². The summed E-state index contributed by atoms with van der Waals surface area (Å²) in [6, 6.07) is 0. The highest BCUT2D eigenvalue weighted by atomic mass is 16.6. The van der Waals surface area contributed by atoms with Crippen LogP contribution in [0.4, 0.5) is 0 Å². The van der Waals surface area contributed by atoms with Crippen LogP contribution in [0.25, 0.3) is 0 Å². The molecule has 0 fully saturated rings. The van der Waals surface area contributed by atoms with Crippen LogP contribution in [-0.4, -0.2) is 7.11 Å². The van der Waals surface area contributed by atoms with Gasteiger partial charge in [-0.05, 0) is 39.2 Å². The number of rotatable bonds is 5. The van der Waals surface area contributed by atoms with E-state index in [1.54, 1.807) is 7.11 Å². The first-order valence-electron chi connectivity index (χ1n) is 4.72. The summed E-state index contributed by atoms with van der Waals surface area (Å²) in [6.07, 6.45) is 4.21. The Kier molecular flexibility index (Phi) is 6.33. The molecule has 0 radical (unpaired) electrons. The predicted octanol–water partition coefficient (Wildman–Crippen LogP) is 3.18. The molecule has 0 saturated heterocycles. The van der Waals surface area contributed by atoms with Gasteiger partial charge in [0, 0.05) is 5.70 Å². The Hall–Kier alpha value is -0.760. The monoisotopic (exact) mass is 183 g/mol.